The van der Waals surface area contributed by atoms with E-state index in [-0.39, 0.29) is 5.78 Å². The predicted octanol–water partition coefficient (Wildman–Crippen LogP) is 3.08. The van der Waals surface area contributed by atoms with Crippen LogP contribution in [0.3, 0.4) is 0 Å². The largest absolute Gasteiger partial charge is 0.381 e. The molecule has 1 aromatic carbocycles. The number of ketones is 1. The second kappa shape index (κ2) is 5.80. The highest BCUT2D eigenvalue weighted by Crippen LogP contribution is 2.21. The summed E-state index contributed by atoms with van der Waals surface area (Å²) in [7, 11) is 0. The maximum atomic E-state index is 11.9. The van der Waals surface area contributed by atoms with Gasteiger partial charge in [0, 0.05) is 25.2 Å². The molecule has 0 amide bonds. The van der Waals surface area contributed by atoms with Crippen molar-refractivity contribution in [2.24, 2.45) is 5.92 Å². The fourth-order valence-corrected chi connectivity index (χ4v) is 2.14. The highest BCUT2D eigenvalue weighted by atomic mass is 16.5. The summed E-state index contributed by atoms with van der Waals surface area (Å²) in [6.07, 6.45) is 3.91. The molecule has 0 aromatic heterocycles. The summed E-state index contributed by atoms with van der Waals surface area (Å²) in [4.78, 5) is 11.9. The van der Waals surface area contributed by atoms with Gasteiger partial charge in [-0.2, -0.15) is 0 Å². The Hall–Kier alpha value is -1.15. The van der Waals surface area contributed by atoms with Crippen molar-refractivity contribution < 1.29 is 9.53 Å². The zero-order chi connectivity index (χ0) is 11.2. The van der Waals surface area contributed by atoms with E-state index in [0.717, 1.165) is 38.0 Å². The number of carbonyl (C=O) groups excluding carboxylic acids is 1. The van der Waals surface area contributed by atoms with Gasteiger partial charge in [0.05, 0.1) is 0 Å². The molecule has 0 saturated carbocycles. The van der Waals surface area contributed by atoms with Crippen LogP contribution < -0.4 is 0 Å². The highest BCUT2D eigenvalue weighted by molar-refractivity contribution is 5.95. The second-order valence-electron chi connectivity index (χ2n) is 4.38. The number of hydrogen-bond donors (Lipinski definition) is 0. The fourth-order valence-electron chi connectivity index (χ4n) is 2.14. The van der Waals surface area contributed by atoms with Gasteiger partial charge in [0.25, 0.3) is 0 Å². The molecule has 1 aliphatic rings. The van der Waals surface area contributed by atoms with Crippen molar-refractivity contribution in [2.75, 3.05) is 13.2 Å². The minimum absolute atomic E-state index is 0.270. The summed E-state index contributed by atoms with van der Waals surface area (Å²) in [5.41, 5.74) is 0.842. The lowest BCUT2D eigenvalue weighted by Crippen LogP contribution is -2.16. The van der Waals surface area contributed by atoms with Crippen LogP contribution in [0.25, 0.3) is 0 Å². The van der Waals surface area contributed by atoms with Crippen LogP contribution in [-0.4, -0.2) is 19.0 Å². The molecule has 0 N–H and O–H groups in total. The molecular formula is C14H18O2. The molecular weight excluding hydrogens is 200 g/mol. The van der Waals surface area contributed by atoms with Gasteiger partial charge < -0.3 is 4.74 Å². The molecule has 0 unspecified atom stereocenters. The molecule has 1 aliphatic heterocycles. The molecule has 1 saturated heterocycles. The fraction of sp³-hybridized carbons (Fsp3) is 0.500. The second-order valence-corrected chi connectivity index (χ2v) is 4.38. The molecule has 2 rings (SSSR count). The lowest BCUT2D eigenvalue weighted by molar-refractivity contribution is 0.0619. The molecule has 16 heavy (non-hydrogen) atoms. The third-order valence-corrected chi connectivity index (χ3v) is 3.22. The Morgan fingerprint density at radius 1 is 1.19 bits per heavy atom. The van der Waals surface area contributed by atoms with Crippen molar-refractivity contribution in [3.8, 4) is 0 Å². The lowest BCUT2D eigenvalue weighted by atomic mass is 9.92. The number of Topliss-reactive ketones (excluding diaryl/α,β-unsaturated/α-hetero) is 1. The first-order valence-electron chi connectivity index (χ1n) is 6.02. The molecule has 0 bridgehead atoms. The molecule has 2 nitrogen and oxygen atoms in total. The summed E-state index contributed by atoms with van der Waals surface area (Å²) in [6, 6.07) is 9.57. The van der Waals surface area contributed by atoms with E-state index in [4.69, 9.17) is 4.74 Å². The van der Waals surface area contributed by atoms with E-state index in [9.17, 15) is 4.79 Å². The van der Waals surface area contributed by atoms with E-state index >= 15 is 0 Å². The van der Waals surface area contributed by atoms with Crippen LogP contribution in [0, 0.1) is 5.92 Å². The molecule has 1 aromatic rings. The smallest absolute Gasteiger partial charge is 0.162 e. The van der Waals surface area contributed by atoms with Crippen molar-refractivity contribution in [3.05, 3.63) is 35.9 Å². The Morgan fingerprint density at radius 3 is 2.56 bits per heavy atom. The van der Waals surface area contributed by atoms with Gasteiger partial charge in [0.1, 0.15) is 0 Å². The van der Waals surface area contributed by atoms with E-state index < -0.39 is 0 Å². The molecule has 86 valence electrons. The van der Waals surface area contributed by atoms with Crippen LogP contribution in [0.1, 0.15) is 36.0 Å². The van der Waals surface area contributed by atoms with Gasteiger partial charge in [-0.3, -0.25) is 4.79 Å². The van der Waals surface area contributed by atoms with Gasteiger partial charge in [-0.05, 0) is 25.2 Å². The van der Waals surface area contributed by atoms with Crippen molar-refractivity contribution in [1.29, 1.82) is 0 Å². The van der Waals surface area contributed by atoms with Gasteiger partial charge in [-0.15, -0.1) is 0 Å². The summed E-state index contributed by atoms with van der Waals surface area (Å²) >= 11 is 0. The first kappa shape index (κ1) is 11.3. The predicted molar refractivity (Wildman–Crippen MR) is 63.5 cm³/mol. The van der Waals surface area contributed by atoms with Crippen LogP contribution >= 0.6 is 0 Å². The summed E-state index contributed by atoms with van der Waals surface area (Å²) in [5.74, 6) is 0.952. The minimum Gasteiger partial charge on any atom is -0.381 e. The average molecular weight is 218 g/mol. The topological polar surface area (TPSA) is 26.3 Å². The highest BCUT2D eigenvalue weighted by Gasteiger charge is 2.15. The normalized spacial score (nSPS) is 17.2. The monoisotopic (exact) mass is 218 g/mol. The first-order valence-corrected chi connectivity index (χ1v) is 6.02. The molecule has 1 heterocycles. The first-order chi connectivity index (χ1) is 7.86. The van der Waals surface area contributed by atoms with Crippen molar-refractivity contribution in [3.63, 3.8) is 0 Å². The third-order valence-electron chi connectivity index (χ3n) is 3.22. The Balaban J connectivity index is 1.79. The van der Waals surface area contributed by atoms with Crippen molar-refractivity contribution in [2.45, 2.75) is 25.7 Å². The maximum Gasteiger partial charge on any atom is 0.162 e. The van der Waals surface area contributed by atoms with Gasteiger partial charge in [-0.1, -0.05) is 30.3 Å². The van der Waals surface area contributed by atoms with E-state index in [2.05, 4.69) is 0 Å². The zero-order valence-corrected chi connectivity index (χ0v) is 9.52. The van der Waals surface area contributed by atoms with Crippen LogP contribution in [-0.2, 0) is 4.74 Å². The van der Waals surface area contributed by atoms with E-state index in [1.807, 2.05) is 30.3 Å². The Kier molecular flexibility index (Phi) is 4.11. The van der Waals surface area contributed by atoms with Crippen molar-refractivity contribution >= 4 is 5.78 Å². The lowest BCUT2D eigenvalue weighted by Gasteiger charge is -2.21. The van der Waals surface area contributed by atoms with E-state index in [0.29, 0.717) is 12.3 Å². The summed E-state index contributed by atoms with van der Waals surface area (Å²) in [5, 5.41) is 0. The van der Waals surface area contributed by atoms with Gasteiger partial charge in [0.15, 0.2) is 5.78 Å². The van der Waals surface area contributed by atoms with Crippen LogP contribution in [0.4, 0.5) is 0 Å². The molecule has 0 spiro atoms. The van der Waals surface area contributed by atoms with Gasteiger partial charge in [0.2, 0.25) is 0 Å². The molecule has 0 aliphatic carbocycles. The Bertz CT molecular complexity index is 326. The average Bonchev–Trinajstić information content (AvgIpc) is 2.38. The minimum atomic E-state index is 0.270. The molecule has 1 fully saturated rings. The number of hydrogen-bond acceptors (Lipinski definition) is 2. The Morgan fingerprint density at radius 2 is 1.88 bits per heavy atom. The molecule has 0 atom stereocenters. The molecule has 0 radical (unpaired) electrons. The number of rotatable bonds is 4. The Labute approximate surface area is 96.6 Å². The number of carbonyl (C=O) groups is 1. The van der Waals surface area contributed by atoms with Crippen molar-refractivity contribution in [1.82, 2.24) is 0 Å². The van der Waals surface area contributed by atoms with Crippen LogP contribution in [0.15, 0.2) is 30.3 Å². The van der Waals surface area contributed by atoms with Crippen LogP contribution in [0.2, 0.25) is 0 Å². The van der Waals surface area contributed by atoms with Crippen LogP contribution in [0.5, 0.6) is 0 Å². The summed E-state index contributed by atoms with van der Waals surface area (Å²) in [6.45, 7) is 1.73. The maximum absolute atomic E-state index is 11.9. The van der Waals surface area contributed by atoms with Gasteiger partial charge >= 0.3 is 0 Å². The SMILES string of the molecule is O=C(CCC1CCOCC1)c1ccccc1. The van der Waals surface area contributed by atoms with E-state index in [1.165, 1.54) is 0 Å². The third kappa shape index (κ3) is 3.17. The summed E-state index contributed by atoms with van der Waals surface area (Å²) < 4.78 is 5.31. The zero-order valence-electron chi connectivity index (χ0n) is 9.52. The molecule has 2 heteroatoms. The number of ether oxygens (including phenoxy) is 1. The quantitative estimate of drug-likeness (QED) is 0.726. The standard InChI is InChI=1S/C14H18O2/c15-14(13-4-2-1-3-5-13)7-6-12-8-10-16-11-9-12/h1-5,12H,6-11H2. The van der Waals surface area contributed by atoms with E-state index in [1.54, 1.807) is 0 Å². The van der Waals surface area contributed by atoms with Gasteiger partial charge in [-0.25, -0.2) is 0 Å². The number of benzene rings is 1.